The van der Waals surface area contributed by atoms with Crippen LogP contribution in [0, 0.1) is 5.82 Å². The number of rotatable bonds is 5. The van der Waals surface area contributed by atoms with E-state index in [2.05, 4.69) is 46.5 Å². The van der Waals surface area contributed by atoms with Crippen molar-refractivity contribution in [2.75, 3.05) is 17.3 Å². The van der Waals surface area contributed by atoms with Crippen molar-refractivity contribution < 1.29 is 4.39 Å². The smallest absolute Gasteiger partial charge is 0.224 e. The minimum Gasteiger partial charge on any atom is -0.354 e. The number of hydrogen-bond acceptors (Lipinski definition) is 5. The van der Waals surface area contributed by atoms with Gasteiger partial charge in [0.05, 0.1) is 6.20 Å². The van der Waals surface area contributed by atoms with Crippen LogP contribution < -0.4 is 10.7 Å². The number of hydrogen-bond donors (Lipinski definition) is 2. The van der Waals surface area contributed by atoms with Crippen LogP contribution in [-0.2, 0) is 0 Å². The van der Waals surface area contributed by atoms with E-state index in [1.807, 2.05) is 0 Å². The molecule has 1 aromatic rings. The van der Waals surface area contributed by atoms with Crippen LogP contribution in [0.15, 0.2) is 6.20 Å². The van der Waals surface area contributed by atoms with Gasteiger partial charge in [-0.3, -0.25) is 5.43 Å². The minimum absolute atomic E-state index is 0.249. The van der Waals surface area contributed by atoms with Crippen molar-refractivity contribution >= 4 is 11.8 Å². The van der Waals surface area contributed by atoms with Gasteiger partial charge in [-0.2, -0.15) is 4.98 Å². The summed E-state index contributed by atoms with van der Waals surface area (Å²) in [5.41, 5.74) is 3.13. The van der Waals surface area contributed by atoms with E-state index in [0.717, 1.165) is 25.8 Å². The van der Waals surface area contributed by atoms with E-state index < -0.39 is 5.82 Å². The van der Waals surface area contributed by atoms with Gasteiger partial charge in [-0.15, -0.1) is 0 Å². The topological polar surface area (TPSA) is 53.1 Å². The Balaban J connectivity index is 2.10. The quantitative estimate of drug-likeness (QED) is 0.869. The number of anilines is 2. The lowest BCUT2D eigenvalue weighted by Gasteiger charge is -2.39. The first-order valence-electron chi connectivity index (χ1n) is 7.43. The molecule has 2 N–H and O–H groups in total. The second-order valence-electron chi connectivity index (χ2n) is 5.46. The van der Waals surface area contributed by atoms with E-state index in [0.29, 0.717) is 18.0 Å². The molecular weight excluding hydrogens is 257 g/mol. The molecule has 0 amide bonds. The number of halogens is 1. The average Bonchev–Trinajstić information content (AvgIpc) is 2.43. The molecule has 1 fully saturated rings. The first-order chi connectivity index (χ1) is 9.61. The van der Waals surface area contributed by atoms with Crippen molar-refractivity contribution in [2.45, 2.75) is 58.5 Å². The van der Waals surface area contributed by atoms with E-state index in [4.69, 9.17) is 0 Å². The molecule has 0 bridgehead atoms. The summed E-state index contributed by atoms with van der Waals surface area (Å²) in [6.07, 6.45) is 5.64. The van der Waals surface area contributed by atoms with Crippen LogP contribution in [0.5, 0.6) is 0 Å². The van der Waals surface area contributed by atoms with Crippen molar-refractivity contribution in [1.29, 1.82) is 0 Å². The molecule has 6 heteroatoms. The monoisotopic (exact) mass is 281 g/mol. The SMILES string of the molecule is CCCNc1ncc(F)c(NN2C(C)CCCC2C)n1. The van der Waals surface area contributed by atoms with Gasteiger partial charge in [0.2, 0.25) is 5.95 Å². The second kappa shape index (κ2) is 6.83. The van der Waals surface area contributed by atoms with Gasteiger partial charge in [-0.25, -0.2) is 14.4 Å². The van der Waals surface area contributed by atoms with E-state index >= 15 is 0 Å². The summed E-state index contributed by atoms with van der Waals surface area (Å²) in [6.45, 7) is 7.14. The van der Waals surface area contributed by atoms with Gasteiger partial charge >= 0.3 is 0 Å². The predicted molar refractivity (Wildman–Crippen MR) is 79.0 cm³/mol. The lowest BCUT2D eigenvalue weighted by molar-refractivity contribution is 0.134. The Bertz CT molecular complexity index is 430. The average molecular weight is 281 g/mol. The Kier molecular flexibility index (Phi) is 5.11. The molecule has 1 saturated heterocycles. The van der Waals surface area contributed by atoms with Gasteiger partial charge in [-0.1, -0.05) is 13.3 Å². The molecule has 0 spiro atoms. The molecule has 0 aliphatic carbocycles. The maximum Gasteiger partial charge on any atom is 0.224 e. The molecule has 1 aliphatic rings. The number of hydrazine groups is 1. The van der Waals surface area contributed by atoms with Gasteiger partial charge in [-0.05, 0) is 33.1 Å². The molecule has 20 heavy (non-hydrogen) atoms. The largest absolute Gasteiger partial charge is 0.354 e. The van der Waals surface area contributed by atoms with Crippen LogP contribution in [0.2, 0.25) is 0 Å². The summed E-state index contributed by atoms with van der Waals surface area (Å²) in [5, 5.41) is 5.17. The molecule has 1 aromatic heterocycles. The first kappa shape index (κ1) is 15.0. The first-order valence-corrected chi connectivity index (χ1v) is 7.43. The Hall–Kier alpha value is -1.43. The summed E-state index contributed by atoms with van der Waals surface area (Å²) in [5.74, 6) is 0.296. The number of nitrogens with zero attached hydrogens (tertiary/aromatic N) is 3. The molecule has 2 atom stereocenters. The number of piperidine rings is 1. The summed E-state index contributed by atoms with van der Waals surface area (Å²) < 4.78 is 13.9. The second-order valence-corrected chi connectivity index (χ2v) is 5.46. The number of nitrogens with one attached hydrogen (secondary N) is 2. The summed E-state index contributed by atoms with van der Waals surface area (Å²) in [6, 6.07) is 0.750. The standard InChI is InChI=1S/C14H24FN5/c1-4-8-16-14-17-9-12(15)13(18-14)19-20-10(2)6-5-7-11(20)3/h9-11H,4-8H2,1-3H3,(H2,16,17,18,19). The normalized spacial score (nSPS) is 23.6. The molecule has 2 rings (SSSR count). The fourth-order valence-corrected chi connectivity index (χ4v) is 2.53. The maximum absolute atomic E-state index is 13.9. The van der Waals surface area contributed by atoms with E-state index in [9.17, 15) is 4.39 Å². The zero-order valence-corrected chi connectivity index (χ0v) is 12.5. The van der Waals surface area contributed by atoms with E-state index in [1.165, 1.54) is 12.6 Å². The van der Waals surface area contributed by atoms with Crippen molar-refractivity contribution in [1.82, 2.24) is 15.0 Å². The molecule has 5 nitrogen and oxygen atoms in total. The van der Waals surface area contributed by atoms with Crippen LogP contribution in [0.4, 0.5) is 16.2 Å². The third-order valence-corrected chi connectivity index (χ3v) is 3.71. The molecule has 112 valence electrons. The van der Waals surface area contributed by atoms with Crippen LogP contribution in [0.3, 0.4) is 0 Å². The third kappa shape index (κ3) is 3.56. The van der Waals surface area contributed by atoms with Gasteiger partial charge in [0.15, 0.2) is 11.6 Å². The molecular formula is C14H24FN5. The molecule has 2 unspecified atom stereocenters. The van der Waals surface area contributed by atoms with Crippen molar-refractivity contribution in [3.63, 3.8) is 0 Å². The zero-order valence-electron chi connectivity index (χ0n) is 12.5. The van der Waals surface area contributed by atoms with E-state index in [-0.39, 0.29) is 5.82 Å². The predicted octanol–water partition coefficient (Wildman–Crippen LogP) is 3.03. The van der Waals surface area contributed by atoms with Gasteiger partial charge in [0, 0.05) is 18.6 Å². The number of aromatic nitrogens is 2. The van der Waals surface area contributed by atoms with Crippen LogP contribution in [-0.4, -0.2) is 33.6 Å². The van der Waals surface area contributed by atoms with Gasteiger partial charge in [0.1, 0.15) is 0 Å². The zero-order chi connectivity index (χ0) is 14.5. The molecule has 0 saturated carbocycles. The maximum atomic E-state index is 13.9. The Morgan fingerprint density at radius 2 is 2.05 bits per heavy atom. The lowest BCUT2D eigenvalue weighted by atomic mass is 10.00. The Morgan fingerprint density at radius 1 is 1.35 bits per heavy atom. The van der Waals surface area contributed by atoms with Crippen LogP contribution in [0.25, 0.3) is 0 Å². The van der Waals surface area contributed by atoms with Gasteiger partial charge in [0.25, 0.3) is 0 Å². The van der Waals surface area contributed by atoms with Crippen molar-refractivity contribution in [3.8, 4) is 0 Å². The fraction of sp³-hybridized carbons (Fsp3) is 0.714. The fourth-order valence-electron chi connectivity index (χ4n) is 2.53. The van der Waals surface area contributed by atoms with Crippen LogP contribution >= 0.6 is 0 Å². The highest BCUT2D eigenvalue weighted by Gasteiger charge is 2.25. The summed E-state index contributed by atoms with van der Waals surface area (Å²) in [7, 11) is 0. The Morgan fingerprint density at radius 3 is 2.70 bits per heavy atom. The third-order valence-electron chi connectivity index (χ3n) is 3.71. The van der Waals surface area contributed by atoms with Crippen molar-refractivity contribution in [3.05, 3.63) is 12.0 Å². The molecule has 0 radical (unpaired) electrons. The van der Waals surface area contributed by atoms with Crippen LogP contribution in [0.1, 0.15) is 46.5 Å². The lowest BCUT2D eigenvalue weighted by Crippen LogP contribution is -2.47. The molecule has 0 aromatic carbocycles. The summed E-state index contributed by atoms with van der Waals surface area (Å²) in [4.78, 5) is 8.17. The highest BCUT2D eigenvalue weighted by Crippen LogP contribution is 2.24. The molecule has 2 heterocycles. The summed E-state index contributed by atoms with van der Waals surface area (Å²) >= 11 is 0. The van der Waals surface area contributed by atoms with Crippen molar-refractivity contribution in [2.24, 2.45) is 0 Å². The molecule has 1 aliphatic heterocycles. The van der Waals surface area contributed by atoms with E-state index in [1.54, 1.807) is 0 Å². The highest BCUT2D eigenvalue weighted by atomic mass is 19.1. The van der Waals surface area contributed by atoms with Gasteiger partial charge < -0.3 is 5.32 Å². The Labute approximate surface area is 120 Å². The highest BCUT2D eigenvalue weighted by molar-refractivity contribution is 5.40. The minimum atomic E-state index is -0.419.